The second-order valence-electron chi connectivity index (χ2n) is 6.75. The Labute approximate surface area is 144 Å². The van der Waals surface area contributed by atoms with Gasteiger partial charge >= 0.3 is 5.97 Å². The van der Waals surface area contributed by atoms with Crippen LogP contribution < -0.4 is 0 Å². The first-order valence-electron chi connectivity index (χ1n) is 10.0. The number of carboxylic acids is 1. The van der Waals surface area contributed by atoms with Gasteiger partial charge in [0.25, 0.3) is 0 Å². The van der Waals surface area contributed by atoms with Crippen molar-refractivity contribution >= 4 is 5.97 Å². The van der Waals surface area contributed by atoms with E-state index in [0.29, 0.717) is 6.42 Å². The molecular weight excluding hydrogens is 288 g/mol. The van der Waals surface area contributed by atoms with Gasteiger partial charge in [0, 0.05) is 13.0 Å². The van der Waals surface area contributed by atoms with Gasteiger partial charge in [0.15, 0.2) is 0 Å². The summed E-state index contributed by atoms with van der Waals surface area (Å²) < 4.78 is 5.96. The third-order valence-corrected chi connectivity index (χ3v) is 4.41. The molecule has 0 rings (SSSR count). The fourth-order valence-corrected chi connectivity index (χ4v) is 2.88. The number of hydrogen-bond donors (Lipinski definition) is 1. The van der Waals surface area contributed by atoms with Gasteiger partial charge in [0.2, 0.25) is 0 Å². The van der Waals surface area contributed by atoms with E-state index in [1.165, 1.54) is 70.6 Å². The maximum absolute atomic E-state index is 10.8. The summed E-state index contributed by atoms with van der Waals surface area (Å²) in [6.07, 6.45) is 17.3. The van der Waals surface area contributed by atoms with Crippen molar-refractivity contribution in [3.05, 3.63) is 0 Å². The predicted molar refractivity (Wildman–Crippen MR) is 98.0 cm³/mol. The Balaban J connectivity index is 3.71. The van der Waals surface area contributed by atoms with E-state index in [2.05, 4.69) is 13.8 Å². The zero-order chi connectivity index (χ0) is 17.2. The van der Waals surface area contributed by atoms with Crippen molar-refractivity contribution in [2.45, 2.75) is 116 Å². The maximum atomic E-state index is 10.8. The van der Waals surface area contributed by atoms with E-state index in [0.717, 1.165) is 19.4 Å². The van der Waals surface area contributed by atoms with Crippen LogP contribution >= 0.6 is 0 Å². The van der Waals surface area contributed by atoms with Crippen LogP contribution in [0.5, 0.6) is 0 Å². The summed E-state index contributed by atoms with van der Waals surface area (Å²) in [4.78, 5) is 10.8. The molecule has 0 aromatic rings. The minimum atomic E-state index is -0.707. The van der Waals surface area contributed by atoms with Crippen LogP contribution in [0.2, 0.25) is 0 Å². The minimum Gasteiger partial charge on any atom is -0.481 e. The Kier molecular flexibility index (Phi) is 17.3. The molecule has 1 N–H and O–H groups in total. The van der Waals surface area contributed by atoms with E-state index in [1.807, 2.05) is 0 Å². The molecule has 0 saturated heterocycles. The lowest BCUT2D eigenvalue weighted by molar-refractivity contribution is -0.137. The van der Waals surface area contributed by atoms with Crippen LogP contribution in [-0.2, 0) is 9.53 Å². The van der Waals surface area contributed by atoms with Gasteiger partial charge in [-0.1, -0.05) is 84.5 Å². The number of unbranched alkanes of at least 4 members (excludes halogenated alkanes) is 10. The third kappa shape index (κ3) is 17.6. The predicted octanol–water partition coefficient (Wildman–Crippen LogP) is 6.35. The summed E-state index contributed by atoms with van der Waals surface area (Å²) in [6.45, 7) is 5.27. The molecule has 138 valence electrons. The molecule has 0 radical (unpaired) electrons. The molecule has 0 saturated carbocycles. The van der Waals surface area contributed by atoms with E-state index in [9.17, 15) is 4.79 Å². The van der Waals surface area contributed by atoms with Crippen molar-refractivity contribution in [1.82, 2.24) is 0 Å². The molecule has 1 unspecified atom stereocenters. The molecule has 3 nitrogen and oxygen atoms in total. The smallest absolute Gasteiger partial charge is 0.303 e. The Morgan fingerprint density at radius 2 is 1.30 bits per heavy atom. The average Bonchev–Trinajstić information content (AvgIpc) is 2.53. The Bertz CT molecular complexity index is 253. The first-order chi connectivity index (χ1) is 11.2. The minimum absolute atomic E-state index is 0.146. The summed E-state index contributed by atoms with van der Waals surface area (Å²) in [5.41, 5.74) is 0. The van der Waals surface area contributed by atoms with Crippen molar-refractivity contribution in [3.63, 3.8) is 0 Å². The highest BCUT2D eigenvalue weighted by Crippen LogP contribution is 2.15. The highest BCUT2D eigenvalue weighted by Gasteiger charge is 2.11. The summed E-state index contributed by atoms with van der Waals surface area (Å²) in [5.74, 6) is -0.707. The summed E-state index contributed by atoms with van der Waals surface area (Å²) in [7, 11) is 0. The number of ether oxygens (including phenoxy) is 1. The summed E-state index contributed by atoms with van der Waals surface area (Å²) in [6, 6.07) is 0. The topological polar surface area (TPSA) is 46.5 Å². The van der Waals surface area contributed by atoms with Crippen molar-refractivity contribution in [2.24, 2.45) is 0 Å². The second-order valence-corrected chi connectivity index (χ2v) is 6.75. The van der Waals surface area contributed by atoms with Crippen LogP contribution in [0, 0.1) is 0 Å². The summed E-state index contributed by atoms with van der Waals surface area (Å²) >= 11 is 0. The number of rotatable bonds is 18. The Morgan fingerprint density at radius 3 is 1.87 bits per heavy atom. The highest BCUT2D eigenvalue weighted by molar-refractivity contribution is 5.66. The largest absolute Gasteiger partial charge is 0.481 e. The zero-order valence-corrected chi connectivity index (χ0v) is 15.7. The van der Waals surface area contributed by atoms with E-state index < -0.39 is 5.97 Å². The second kappa shape index (κ2) is 17.8. The maximum Gasteiger partial charge on any atom is 0.303 e. The SMILES string of the molecule is CCCCCCCCOC(CCCCCCCC)CCC(=O)O. The summed E-state index contributed by atoms with van der Waals surface area (Å²) in [5, 5.41) is 8.87. The lowest BCUT2D eigenvalue weighted by atomic mass is 10.0. The fourth-order valence-electron chi connectivity index (χ4n) is 2.88. The zero-order valence-electron chi connectivity index (χ0n) is 15.7. The van der Waals surface area contributed by atoms with Crippen LogP contribution in [0.3, 0.4) is 0 Å². The van der Waals surface area contributed by atoms with Gasteiger partial charge in [0.05, 0.1) is 6.10 Å². The van der Waals surface area contributed by atoms with E-state index >= 15 is 0 Å². The molecule has 0 aromatic heterocycles. The van der Waals surface area contributed by atoms with Crippen LogP contribution in [0.25, 0.3) is 0 Å². The monoisotopic (exact) mass is 328 g/mol. The van der Waals surface area contributed by atoms with Gasteiger partial charge < -0.3 is 9.84 Å². The number of carbonyl (C=O) groups is 1. The van der Waals surface area contributed by atoms with Crippen LogP contribution in [-0.4, -0.2) is 23.8 Å². The van der Waals surface area contributed by atoms with E-state index in [-0.39, 0.29) is 12.5 Å². The quantitative estimate of drug-likeness (QED) is 0.298. The van der Waals surface area contributed by atoms with E-state index in [4.69, 9.17) is 9.84 Å². The molecule has 0 aliphatic rings. The van der Waals surface area contributed by atoms with Crippen molar-refractivity contribution in [1.29, 1.82) is 0 Å². The van der Waals surface area contributed by atoms with Crippen LogP contribution in [0.15, 0.2) is 0 Å². The lowest BCUT2D eigenvalue weighted by Crippen LogP contribution is -2.16. The van der Waals surface area contributed by atoms with Crippen molar-refractivity contribution < 1.29 is 14.6 Å². The number of hydrogen-bond acceptors (Lipinski definition) is 2. The molecule has 0 amide bonds. The molecule has 23 heavy (non-hydrogen) atoms. The molecule has 0 heterocycles. The molecule has 1 atom stereocenters. The lowest BCUT2D eigenvalue weighted by Gasteiger charge is -2.17. The molecule has 0 aliphatic carbocycles. The van der Waals surface area contributed by atoms with Crippen LogP contribution in [0.4, 0.5) is 0 Å². The van der Waals surface area contributed by atoms with Gasteiger partial charge in [-0.2, -0.15) is 0 Å². The molecule has 0 spiro atoms. The van der Waals surface area contributed by atoms with Gasteiger partial charge in [-0.3, -0.25) is 4.79 Å². The molecule has 3 heteroatoms. The van der Waals surface area contributed by atoms with Crippen molar-refractivity contribution in [2.75, 3.05) is 6.61 Å². The standard InChI is InChI=1S/C20H40O3/c1-3-5-7-9-11-13-15-19(16-17-20(21)22)23-18-14-12-10-8-6-4-2/h19H,3-18H2,1-2H3,(H,21,22). The first-order valence-corrected chi connectivity index (χ1v) is 10.0. The third-order valence-electron chi connectivity index (χ3n) is 4.41. The molecular formula is C20H40O3. The number of carboxylic acid groups (broad SMARTS) is 1. The molecule has 0 aromatic carbocycles. The van der Waals surface area contributed by atoms with Gasteiger partial charge in [0.1, 0.15) is 0 Å². The number of aliphatic carboxylic acids is 1. The fraction of sp³-hybridized carbons (Fsp3) is 0.950. The highest BCUT2D eigenvalue weighted by atomic mass is 16.5. The Morgan fingerprint density at radius 1 is 0.783 bits per heavy atom. The normalized spacial score (nSPS) is 12.4. The molecule has 0 bridgehead atoms. The van der Waals surface area contributed by atoms with Gasteiger partial charge in [-0.25, -0.2) is 0 Å². The molecule has 0 aliphatic heterocycles. The van der Waals surface area contributed by atoms with Gasteiger partial charge in [-0.15, -0.1) is 0 Å². The van der Waals surface area contributed by atoms with Gasteiger partial charge in [-0.05, 0) is 19.3 Å². The van der Waals surface area contributed by atoms with Crippen LogP contribution in [0.1, 0.15) is 110 Å². The first kappa shape index (κ1) is 22.4. The van der Waals surface area contributed by atoms with Crippen molar-refractivity contribution in [3.8, 4) is 0 Å². The Hall–Kier alpha value is -0.570. The average molecular weight is 329 g/mol. The van der Waals surface area contributed by atoms with E-state index in [1.54, 1.807) is 0 Å². The molecule has 0 fully saturated rings.